The molecule has 4 rings (SSSR count). The van der Waals surface area contributed by atoms with E-state index in [9.17, 15) is 14.4 Å². The molecule has 0 spiro atoms. The second-order valence-corrected chi connectivity index (χ2v) is 7.31. The van der Waals surface area contributed by atoms with Crippen LogP contribution in [0.25, 0.3) is 16.6 Å². The van der Waals surface area contributed by atoms with Crippen molar-refractivity contribution in [3.8, 4) is 5.69 Å². The first-order chi connectivity index (χ1) is 14.5. The van der Waals surface area contributed by atoms with Gasteiger partial charge in [-0.25, -0.2) is 9.36 Å². The van der Waals surface area contributed by atoms with Gasteiger partial charge in [-0.3, -0.25) is 14.2 Å². The summed E-state index contributed by atoms with van der Waals surface area (Å²) in [6, 6.07) is 20.6. The number of fused-ring (bicyclic) bond motifs is 1. The van der Waals surface area contributed by atoms with Gasteiger partial charge < -0.3 is 5.32 Å². The Kier molecular flexibility index (Phi) is 5.25. The number of rotatable bonds is 4. The minimum Gasteiger partial charge on any atom is -0.324 e. The molecule has 0 fully saturated rings. The zero-order valence-corrected chi connectivity index (χ0v) is 16.9. The summed E-state index contributed by atoms with van der Waals surface area (Å²) in [6.07, 6.45) is 0. The summed E-state index contributed by atoms with van der Waals surface area (Å²) in [4.78, 5) is 39.1. The highest BCUT2D eigenvalue weighted by Gasteiger charge is 2.17. The van der Waals surface area contributed by atoms with Crippen molar-refractivity contribution in [1.82, 2.24) is 9.13 Å². The third-order valence-corrected chi connectivity index (χ3v) is 5.07. The smallest absolute Gasteiger partial charge is 0.324 e. The number of nitrogens with zero attached hydrogens (tertiary/aromatic N) is 2. The monoisotopic (exact) mass is 419 g/mol. The largest absolute Gasteiger partial charge is 0.336 e. The maximum absolute atomic E-state index is 13.3. The van der Waals surface area contributed by atoms with Crippen molar-refractivity contribution in [2.24, 2.45) is 0 Å². The van der Waals surface area contributed by atoms with E-state index in [-0.39, 0.29) is 12.5 Å². The average molecular weight is 420 g/mol. The zero-order chi connectivity index (χ0) is 21.3. The topological polar surface area (TPSA) is 73.1 Å². The van der Waals surface area contributed by atoms with Crippen molar-refractivity contribution in [2.75, 3.05) is 5.32 Å². The van der Waals surface area contributed by atoms with Crippen LogP contribution in [-0.4, -0.2) is 15.0 Å². The van der Waals surface area contributed by atoms with E-state index in [1.165, 1.54) is 10.6 Å². The van der Waals surface area contributed by atoms with E-state index in [0.29, 0.717) is 27.3 Å². The lowest BCUT2D eigenvalue weighted by Gasteiger charge is -2.15. The Bertz CT molecular complexity index is 1390. The molecule has 1 N–H and O–H groups in total. The van der Waals surface area contributed by atoms with Gasteiger partial charge in [-0.1, -0.05) is 48.0 Å². The number of hydrogen-bond donors (Lipinski definition) is 1. The van der Waals surface area contributed by atoms with Crippen LogP contribution in [0, 0.1) is 6.92 Å². The van der Waals surface area contributed by atoms with Crippen molar-refractivity contribution in [2.45, 2.75) is 13.5 Å². The lowest BCUT2D eigenvalue weighted by atomic mass is 10.2. The van der Waals surface area contributed by atoms with Crippen molar-refractivity contribution in [1.29, 1.82) is 0 Å². The summed E-state index contributed by atoms with van der Waals surface area (Å²) in [6.45, 7) is 1.64. The molecule has 1 heterocycles. The molecule has 0 bridgehead atoms. The molecule has 4 aromatic rings. The van der Waals surface area contributed by atoms with Gasteiger partial charge in [-0.2, -0.15) is 0 Å². The Morgan fingerprint density at radius 3 is 2.47 bits per heavy atom. The van der Waals surface area contributed by atoms with E-state index in [0.717, 1.165) is 10.1 Å². The number of hydrogen-bond acceptors (Lipinski definition) is 3. The highest BCUT2D eigenvalue weighted by Crippen LogP contribution is 2.16. The third-order valence-electron chi connectivity index (χ3n) is 4.84. The number of aryl methyl sites for hydroxylation is 1. The standard InChI is InChI=1S/C23H18ClN3O3/c1-15-7-2-4-11-19(15)25-21(28)14-26-20-12-5-3-10-18(20)22(29)27(23(26)30)17-9-6-8-16(24)13-17/h2-13H,14H2,1H3,(H,25,28). The maximum Gasteiger partial charge on any atom is 0.336 e. The van der Waals surface area contributed by atoms with E-state index in [1.807, 2.05) is 25.1 Å². The number of para-hydroxylation sites is 2. The van der Waals surface area contributed by atoms with Crippen LogP contribution < -0.4 is 16.6 Å². The molecule has 0 aliphatic rings. The highest BCUT2D eigenvalue weighted by molar-refractivity contribution is 6.30. The molecule has 150 valence electrons. The van der Waals surface area contributed by atoms with Crippen LogP contribution in [0.15, 0.2) is 82.4 Å². The van der Waals surface area contributed by atoms with E-state index < -0.39 is 11.2 Å². The van der Waals surface area contributed by atoms with Crippen LogP contribution >= 0.6 is 11.6 Å². The highest BCUT2D eigenvalue weighted by atomic mass is 35.5. The van der Waals surface area contributed by atoms with Gasteiger partial charge in [-0.05, 0) is 48.9 Å². The summed E-state index contributed by atoms with van der Waals surface area (Å²) in [5.41, 5.74) is 1.24. The van der Waals surface area contributed by atoms with Crippen LogP contribution in [-0.2, 0) is 11.3 Å². The molecule has 0 aliphatic heterocycles. The third kappa shape index (κ3) is 3.65. The molecule has 1 aromatic heterocycles. The Morgan fingerprint density at radius 1 is 0.967 bits per heavy atom. The summed E-state index contributed by atoms with van der Waals surface area (Å²) >= 11 is 6.06. The van der Waals surface area contributed by atoms with Crippen molar-refractivity contribution < 1.29 is 4.79 Å². The Hall–Kier alpha value is -3.64. The molecule has 7 heteroatoms. The lowest BCUT2D eigenvalue weighted by molar-refractivity contribution is -0.116. The average Bonchev–Trinajstić information content (AvgIpc) is 2.73. The summed E-state index contributed by atoms with van der Waals surface area (Å²) in [7, 11) is 0. The minimum absolute atomic E-state index is 0.242. The first-order valence-corrected chi connectivity index (χ1v) is 9.69. The lowest BCUT2D eigenvalue weighted by Crippen LogP contribution is -2.40. The fourth-order valence-electron chi connectivity index (χ4n) is 3.36. The van der Waals surface area contributed by atoms with Crippen LogP contribution in [0.5, 0.6) is 0 Å². The molecule has 0 radical (unpaired) electrons. The van der Waals surface area contributed by atoms with Gasteiger partial charge in [0.05, 0.1) is 16.6 Å². The number of anilines is 1. The van der Waals surface area contributed by atoms with E-state index in [1.54, 1.807) is 48.5 Å². The quantitative estimate of drug-likeness (QED) is 0.547. The first kappa shape index (κ1) is 19.7. The Balaban J connectivity index is 1.85. The van der Waals surface area contributed by atoms with Gasteiger partial charge in [0, 0.05) is 10.7 Å². The van der Waals surface area contributed by atoms with E-state index in [4.69, 9.17) is 11.6 Å². The number of carbonyl (C=O) groups is 1. The fourth-order valence-corrected chi connectivity index (χ4v) is 3.55. The number of nitrogens with one attached hydrogen (secondary N) is 1. The molecular formula is C23H18ClN3O3. The molecule has 0 atom stereocenters. The summed E-state index contributed by atoms with van der Waals surface area (Å²) < 4.78 is 2.33. The van der Waals surface area contributed by atoms with Gasteiger partial charge in [-0.15, -0.1) is 0 Å². The Morgan fingerprint density at radius 2 is 1.70 bits per heavy atom. The molecule has 0 aliphatic carbocycles. The molecule has 0 saturated heterocycles. The van der Waals surface area contributed by atoms with E-state index in [2.05, 4.69) is 5.32 Å². The van der Waals surface area contributed by atoms with Gasteiger partial charge in [0.25, 0.3) is 5.56 Å². The van der Waals surface area contributed by atoms with Crippen LogP contribution in [0.2, 0.25) is 5.02 Å². The molecule has 0 unspecified atom stereocenters. The zero-order valence-electron chi connectivity index (χ0n) is 16.1. The van der Waals surface area contributed by atoms with Gasteiger partial charge in [0.15, 0.2) is 0 Å². The Labute approximate surface area is 177 Å². The predicted octanol–water partition coefficient (Wildman–Crippen LogP) is 3.75. The minimum atomic E-state index is -0.610. The molecule has 1 amide bonds. The number of benzene rings is 3. The maximum atomic E-state index is 13.3. The normalized spacial score (nSPS) is 10.9. The molecule has 0 saturated carbocycles. The van der Waals surface area contributed by atoms with Crippen molar-refractivity contribution >= 4 is 34.1 Å². The molecule has 6 nitrogen and oxygen atoms in total. The van der Waals surface area contributed by atoms with Crippen LogP contribution in [0.3, 0.4) is 0 Å². The number of halogens is 1. The second-order valence-electron chi connectivity index (χ2n) is 6.87. The van der Waals surface area contributed by atoms with Crippen molar-refractivity contribution in [3.05, 3.63) is 104 Å². The van der Waals surface area contributed by atoms with E-state index >= 15 is 0 Å². The number of aromatic nitrogens is 2. The molecule has 3 aromatic carbocycles. The van der Waals surface area contributed by atoms with Crippen LogP contribution in [0.4, 0.5) is 5.69 Å². The molecular weight excluding hydrogens is 402 g/mol. The SMILES string of the molecule is Cc1ccccc1NC(=O)Cn1c(=O)n(-c2cccc(Cl)c2)c(=O)c2ccccc21. The fraction of sp³-hybridized carbons (Fsp3) is 0.0870. The van der Waals surface area contributed by atoms with Gasteiger partial charge in [0.1, 0.15) is 6.54 Å². The first-order valence-electron chi connectivity index (χ1n) is 9.32. The summed E-state index contributed by atoms with van der Waals surface area (Å²) in [5, 5.41) is 3.56. The number of carbonyl (C=O) groups excluding carboxylic acids is 1. The van der Waals surface area contributed by atoms with Crippen molar-refractivity contribution in [3.63, 3.8) is 0 Å². The second kappa shape index (κ2) is 8.00. The predicted molar refractivity (Wildman–Crippen MR) is 119 cm³/mol. The molecule has 30 heavy (non-hydrogen) atoms. The van der Waals surface area contributed by atoms with Crippen LogP contribution in [0.1, 0.15) is 5.56 Å². The van der Waals surface area contributed by atoms with Gasteiger partial charge in [0.2, 0.25) is 5.91 Å². The number of amides is 1. The van der Waals surface area contributed by atoms with Gasteiger partial charge >= 0.3 is 5.69 Å². The summed E-state index contributed by atoms with van der Waals surface area (Å²) in [5.74, 6) is -0.368.